The molecule has 6 heteroatoms. The number of halogens is 1. The average molecular weight is 361 g/mol. The molecule has 0 radical (unpaired) electrons. The Hall–Kier alpha value is -1.82. The van der Waals surface area contributed by atoms with Crippen molar-refractivity contribution in [1.29, 1.82) is 0 Å². The van der Waals surface area contributed by atoms with Crippen LogP contribution in [0.15, 0.2) is 36.7 Å². The summed E-state index contributed by atoms with van der Waals surface area (Å²) in [5.74, 6) is 1.51. The first kappa shape index (κ1) is 16.6. The first-order chi connectivity index (χ1) is 12.3. The third-order valence-corrected chi connectivity index (χ3v) is 4.96. The second kappa shape index (κ2) is 7.60. The van der Waals surface area contributed by atoms with Gasteiger partial charge in [-0.15, -0.1) is 0 Å². The lowest BCUT2D eigenvalue weighted by Crippen LogP contribution is -2.39. The molecule has 2 aromatic rings. The van der Waals surface area contributed by atoms with E-state index in [0.29, 0.717) is 6.61 Å². The van der Waals surface area contributed by atoms with Crippen LogP contribution in [0.2, 0.25) is 5.02 Å². The summed E-state index contributed by atoms with van der Waals surface area (Å²) in [5, 5.41) is 0.725. The van der Waals surface area contributed by atoms with Crippen LogP contribution in [0.5, 0.6) is 11.5 Å². The minimum Gasteiger partial charge on any atom is -0.454 e. The lowest BCUT2D eigenvalue weighted by molar-refractivity contribution is -0.0121. The molecule has 1 aromatic heterocycles. The standard InChI is InChI=1S/C19H21ClN2O3/c20-17-8-19-18(24-13-25-19)7-15(17)10-22-6-2-4-16(11-22)23-12-14-3-1-5-21-9-14/h1,3,5,7-9,16H,2,4,6,10-13H2/t16-/m1/s1. The number of piperidine rings is 1. The third kappa shape index (κ3) is 4.06. The molecular weight excluding hydrogens is 340 g/mol. The number of pyridine rings is 1. The number of aromatic nitrogens is 1. The van der Waals surface area contributed by atoms with Gasteiger partial charge in [0.05, 0.1) is 12.7 Å². The molecule has 132 valence electrons. The van der Waals surface area contributed by atoms with E-state index in [2.05, 4.69) is 9.88 Å². The molecule has 3 heterocycles. The highest BCUT2D eigenvalue weighted by Crippen LogP contribution is 2.37. The van der Waals surface area contributed by atoms with Crippen molar-refractivity contribution in [2.24, 2.45) is 0 Å². The molecule has 5 nitrogen and oxygen atoms in total. The summed E-state index contributed by atoms with van der Waals surface area (Å²) in [7, 11) is 0. The van der Waals surface area contributed by atoms with Crippen molar-refractivity contribution in [3.63, 3.8) is 0 Å². The molecule has 0 spiro atoms. The topological polar surface area (TPSA) is 43.8 Å². The predicted octanol–water partition coefficient (Wildman–Crippen LogP) is 3.64. The molecule has 4 rings (SSSR count). The van der Waals surface area contributed by atoms with E-state index in [0.717, 1.165) is 60.1 Å². The second-order valence-electron chi connectivity index (χ2n) is 6.47. The minimum absolute atomic E-state index is 0.238. The zero-order valence-electron chi connectivity index (χ0n) is 14.0. The van der Waals surface area contributed by atoms with Gasteiger partial charge in [0.2, 0.25) is 6.79 Å². The molecule has 0 aliphatic carbocycles. The van der Waals surface area contributed by atoms with E-state index in [-0.39, 0.29) is 12.9 Å². The summed E-state index contributed by atoms with van der Waals surface area (Å²) in [5.41, 5.74) is 2.18. The van der Waals surface area contributed by atoms with Gasteiger partial charge in [0, 0.05) is 36.6 Å². The monoisotopic (exact) mass is 360 g/mol. The second-order valence-corrected chi connectivity index (χ2v) is 6.88. The largest absolute Gasteiger partial charge is 0.454 e. The number of hydrogen-bond donors (Lipinski definition) is 0. The predicted molar refractivity (Wildman–Crippen MR) is 94.9 cm³/mol. The van der Waals surface area contributed by atoms with Crippen LogP contribution in [0.1, 0.15) is 24.0 Å². The first-order valence-electron chi connectivity index (χ1n) is 8.59. The SMILES string of the molecule is Clc1cc2c(cc1CN1CCC[C@@H](OCc3cccnc3)C1)OCO2. The van der Waals surface area contributed by atoms with Gasteiger partial charge in [-0.05, 0) is 42.6 Å². The molecule has 1 saturated heterocycles. The highest BCUT2D eigenvalue weighted by molar-refractivity contribution is 6.31. The molecule has 1 fully saturated rings. The molecule has 25 heavy (non-hydrogen) atoms. The molecular formula is C19H21ClN2O3. The fourth-order valence-corrected chi connectivity index (χ4v) is 3.53. The number of benzene rings is 1. The van der Waals surface area contributed by atoms with E-state index in [4.69, 9.17) is 25.8 Å². The summed E-state index contributed by atoms with van der Waals surface area (Å²) in [6.07, 6.45) is 6.08. The van der Waals surface area contributed by atoms with Crippen LogP contribution in [0.25, 0.3) is 0 Å². The maximum absolute atomic E-state index is 6.40. The summed E-state index contributed by atoms with van der Waals surface area (Å²) in [6, 6.07) is 7.82. The zero-order valence-corrected chi connectivity index (χ0v) is 14.7. The number of nitrogens with zero attached hydrogens (tertiary/aromatic N) is 2. The third-order valence-electron chi connectivity index (χ3n) is 4.61. The van der Waals surface area contributed by atoms with Crippen molar-refractivity contribution >= 4 is 11.6 Å². The average Bonchev–Trinajstić information content (AvgIpc) is 3.09. The van der Waals surface area contributed by atoms with Gasteiger partial charge in [0.25, 0.3) is 0 Å². The van der Waals surface area contributed by atoms with Gasteiger partial charge in [-0.2, -0.15) is 0 Å². The normalized spacial score (nSPS) is 20.0. The number of fused-ring (bicyclic) bond motifs is 1. The Bertz CT molecular complexity index is 726. The molecule has 2 aliphatic rings. The lowest BCUT2D eigenvalue weighted by atomic mass is 10.1. The Kier molecular flexibility index (Phi) is 5.06. The van der Waals surface area contributed by atoms with E-state index in [1.807, 2.05) is 30.5 Å². The molecule has 0 unspecified atom stereocenters. The Morgan fingerprint density at radius 2 is 2.16 bits per heavy atom. The summed E-state index contributed by atoms with van der Waals surface area (Å²) in [6.45, 7) is 3.63. The Morgan fingerprint density at radius 1 is 1.28 bits per heavy atom. The maximum Gasteiger partial charge on any atom is 0.231 e. The number of ether oxygens (including phenoxy) is 3. The van der Waals surface area contributed by atoms with E-state index in [9.17, 15) is 0 Å². The molecule has 0 saturated carbocycles. The van der Waals surface area contributed by atoms with Crippen LogP contribution in [-0.4, -0.2) is 35.9 Å². The Balaban J connectivity index is 1.35. The van der Waals surface area contributed by atoms with Crippen LogP contribution < -0.4 is 9.47 Å². The van der Waals surface area contributed by atoms with Crippen LogP contribution in [0, 0.1) is 0 Å². The summed E-state index contributed by atoms with van der Waals surface area (Å²) >= 11 is 6.40. The van der Waals surface area contributed by atoms with Gasteiger partial charge >= 0.3 is 0 Å². The van der Waals surface area contributed by atoms with Gasteiger partial charge in [-0.3, -0.25) is 9.88 Å². The molecule has 1 aromatic carbocycles. The van der Waals surface area contributed by atoms with Crippen LogP contribution in [0.4, 0.5) is 0 Å². The Morgan fingerprint density at radius 3 is 3.00 bits per heavy atom. The molecule has 0 amide bonds. The van der Waals surface area contributed by atoms with Gasteiger partial charge in [-0.25, -0.2) is 0 Å². The van der Waals surface area contributed by atoms with Crippen molar-refractivity contribution in [2.45, 2.75) is 32.1 Å². The molecule has 1 atom stereocenters. The van der Waals surface area contributed by atoms with Crippen LogP contribution in [-0.2, 0) is 17.9 Å². The van der Waals surface area contributed by atoms with Crippen molar-refractivity contribution in [3.05, 3.63) is 52.8 Å². The summed E-state index contributed by atoms with van der Waals surface area (Å²) in [4.78, 5) is 6.52. The first-order valence-corrected chi connectivity index (χ1v) is 8.96. The smallest absolute Gasteiger partial charge is 0.231 e. The highest BCUT2D eigenvalue weighted by atomic mass is 35.5. The van der Waals surface area contributed by atoms with E-state index < -0.39 is 0 Å². The van der Waals surface area contributed by atoms with Crippen molar-refractivity contribution < 1.29 is 14.2 Å². The molecule has 0 N–H and O–H groups in total. The van der Waals surface area contributed by atoms with E-state index >= 15 is 0 Å². The van der Waals surface area contributed by atoms with Crippen LogP contribution >= 0.6 is 11.6 Å². The summed E-state index contributed by atoms with van der Waals surface area (Å²) < 4.78 is 16.9. The fourth-order valence-electron chi connectivity index (χ4n) is 3.31. The van der Waals surface area contributed by atoms with Gasteiger partial charge in [-0.1, -0.05) is 17.7 Å². The van der Waals surface area contributed by atoms with Gasteiger partial charge in [0.15, 0.2) is 11.5 Å². The Labute approximate surface area is 152 Å². The van der Waals surface area contributed by atoms with E-state index in [1.165, 1.54) is 0 Å². The number of rotatable bonds is 5. The number of hydrogen-bond acceptors (Lipinski definition) is 5. The lowest BCUT2D eigenvalue weighted by Gasteiger charge is -2.32. The van der Waals surface area contributed by atoms with Gasteiger partial charge in [0.1, 0.15) is 0 Å². The van der Waals surface area contributed by atoms with Crippen LogP contribution in [0.3, 0.4) is 0 Å². The number of likely N-dealkylation sites (tertiary alicyclic amines) is 1. The van der Waals surface area contributed by atoms with Crippen molar-refractivity contribution in [3.8, 4) is 11.5 Å². The van der Waals surface area contributed by atoms with E-state index in [1.54, 1.807) is 6.20 Å². The van der Waals surface area contributed by atoms with Crippen molar-refractivity contribution in [1.82, 2.24) is 9.88 Å². The zero-order chi connectivity index (χ0) is 17.1. The molecule has 0 bridgehead atoms. The quantitative estimate of drug-likeness (QED) is 0.814. The van der Waals surface area contributed by atoms with Crippen molar-refractivity contribution in [2.75, 3.05) is 19.9 Å². The maximum atomic E-state index is 6.40. The minimum atomic E-state index is 0.238. The highest BCUT2D eigenvalue weighted by Gasteiger charge is 2.23. The molecule has 2 aliphatic heterocycles. The van der Waals surface area contributed by atoms with Gasteiger partial charge < -0.3 is 14.2 Å². The fraction of sp³-hybridized carbons (Fsp3) is 0.421.